The van der Waals surface area contributed by atoms with Crippen LogP contribution in [-0.4, -0.2) is 11.1 Å². The molecule has 0 bridgehead atoms. The SMILES string of the molecule is O=C(Oc1ccccc1)[C@](O)(c1ccccc1)c1ccc(F)cc1. The molecule has 0 fully saturated rings. The lowest BCUT2D eigenvalue weighted by atomic mass is 9.86. The zero-order chi connectivity index (χ0) is 17.0. The van der Waals surface area contributed by atoms with Gasteiger partial charge in [0.15, 0.2) is 0 Å². The molecule has 4 heteroatoms. The van der Waals surface area contributed by atoms with Crippen LogP contribution in [0.15, 0.2) is 84.9 Å². The Morgan fingerprint density at radius 1 is 0.792 bits per heavy atom. The standard InChI is InChI=1S/C20H15FO3/c21-17-13-11-16(12-14-17)20(23,15-7-3-1-4-8-15)19(22)24-18-9-5-2-6-10-18/h1-14,23H/t20-/m0/s1. The first-order valence-corrected chi connectivity index (χ1v) is 7.42. The van der Waals surface area contributed by atoms with Gasteiger partial charge in [-0.1, -0.05) is 60.7 Å². The second kappa shape index (κ2) is 6.64. The predicted octanol–water partition coefficient (Wildman–Crippen LogP) is 3.67. The molecule has 0 saturated carbocycles. The van der Waals surface area contributed by atoms with Crippen LogP contribution in [0.4, 0.5) is 4.39 Å². The molecule has 1 atom stereocenters. The zero-order valence-electron chi connectivity index (χ0n) is 12.7. The van der Waals surface area contributed by atoms with Gasteiger partial charge in [0.25, 0.3) is 0 Å². The van der Waals surface area contributed by atoms with Crippen LogP contribution >= 0.6 is 0 Å². The van der Waals surface area contributed by atoms with Gasteiger partial charge in [-0.3, -0.25) is 0 Å². The van der Waals surface area contributed by atoms with E-state index in [1.807, 2.05) is 0 Å². The molecule has 120 valence electrons. The summed E-state index contributed by atoms with van der Waals surface area (Å²) in [5.41, 5.74) is -1.46. The van der Waals surface area contributed by atoms with E-state index in [1.165, 1.54) is 24.3 Å². The van der Waals surface area contributed by atoms with E-state index in [2.05, 4.69) is 0 Å². The van der Waals surface area contributed by atoms with Crippen molar-refractivity contribution in [2.45, 2.75) is 5.60 Å². The maximum absolute atomic E-state index is 13.2. The Morgan fingerprint density at radius 2 is 1.29 bits per heavy atom. The molecule has 0 aliphatic carbocycles. The van der Waals surface area contributed by atoms with Gasteiger partial charge in [0.2, 0.25) is 5.60 Å². The van der Waals surface area contributed by atoms with E-state index in [0.717, 1.165) is 0 Å². The molecule has 0 amide bonds. The summed E-state index contributed by atoms with van der Waals surface area (Å²) in [6.07, 6.45) is 0. The van der Waals surface area contributed by atoms with Crippen molar-refractivity contribution >= 4 is 5.97 Å². The number of rotatable bonds is 4. The predicted molar refractivity (Wildman–Crippen MR) is 87.9 cm³/mol. The quantitative estimate of drug-likeness (QED) is 0.589. The van der Waals surface area contributed by atoms with E-state index in [9.17, 15) is 14.3 Å². The van der Waals surface area contributed by atoms with Crippen molar-refractivity contribution in [1.29, 1.82) is 0 Å². The van der Waals surface area contributed by atoms with Crippen molar-refractivity contribution in [2.24, 2.45) is 0 Å². The first-order chi connectivity index (χ1) is 11.6. The fourth-order valence-electron chi connectivity index (χ4n) is 2.44. The number of carbonyl (C=O) groups excluding carboxylic acids is 1. The lowest BCUT2D eigenvalue weighted by Gasteiger charge is -2.27. The monoisotopic (exact) mass is 322 g/mol. The van der Waals surface area contributed by atoms with E-state index in [4.69, 9.17) is 4.74 Å². The number of aliphatic hydroxyl groups is 1. The highest BCUT2D eigenvalue weighted by Gasteiger charge is 2.42. The molecule has 0 spiro atoms. The van der Waals surface area contributed by atoms with Gasteiger partial charge in [0.05, 0.1) is 0 Å². The molecule has 0 heterocycles. The number of ether oxygens (including phenoxy) is 1. The van der Waals surface area contributed by atoms with E-state index in [-0.39, 0.29) is 5.56 Å². The maximum atomic E-state index is 13.2. The summed E-state index contributed by atoms with van der Waals surface area (Å²) in [7, 11) is 0. The lowest BCUT2D eigenvalue weighted by molar-refractivity contribution is -0.152. The van der Waals surface area contributed by atoms with Crippen LogP contribution in [0.2, 0.25) is 0 Å². The molecule has 1 N–H and O–H groups in total. The third-order valence-electron chi connectivity index (χ3n) is 3.70. The van der Waals surface area contributed by atoms with Crippen LogP contribution < -0.4 is 4.74 Å². The highest BCUT2D eigenvalue weighted by atomic mass is 19.1. The molecule has 0 unspecified atom stereocenters. The van der Waals surface area contributed by atoms with Crippen LogP contribution in [0.3, 0.4) is 0 Å². The smallest absolute Gasteiger partial charge is 0.353 e. The summed E-state index contributed by atoms with van der Waals surface area (Å²) in [5.74, 6) is -0.990. The number of hydrogen-bond acceptors (Lipinski definition) is 3. The van der Waals surface area contributed by atoms with Crippen LogP contribution in [0.5, 0.6) is 5.75 Å². The fraction of sp³-hybridized carbons (Fsp3) is 0.0500. The molecule has 0 radical (unpaired) electrons. The first kappa shape index (κ1) is 15.9. The molecule has 3 nitrogen and oxygen atoms in total. The highest BCUT2D eigenvalue weighted by molar-refractivity contribution is 5.87. The van der Waals surface area contributed by atoms with E-state index in [0.29, 0.717) is 11.3 Å². The Morgan fingerprint density at radius 3 is 1.88 bits per heavy atom. The average Bonchev–Trinajstić information content (AvgIpc) is 2.63. The van der Waals surface area contributed by atoms with Gasteiger partial charge in [-0.25, -0.2) is 9.18 Å². The minimum Gasteiger partial charge on any atom is -0.424 e. The van der Waals surface area contributed by atoms with Crippen molar-refractivity contribution < 1.29 is 19.0 Å². The normalized spacial score (nSPS) is 13.1. The largest absolute Gasteiger partial charge is 0.424 e. The van der Waals surface area contributed by atoms with E-state index in [1.54, 1.807) is 60.7 Å². The number of hydrogen-bond donors (Lipinski definition) is 1. The van der Waals surface area contributed by atoms with Crippen molar-refractivity contribution in [3.63, 3.8) is 0 Å². The van der Waals surface area contributed by atoms with Crippen molar-refractivity contribution in [3.8, 4) is 5.75 Å². The van der Waals surface area contributed by atoms with Gasteiger partial charge in [-0.2, -0.15) is 0 Å². The summed E-state index contributed by atoms with van der Waals surface area (Å²) in [6.45, 7) is 0. The third kappa shape index (κ3) is 3.05. The molecular weight excluding hydrogens is 307 g/mol. The van der Waals surface area contributed by atoms with Crippen molar-refractivity contribution in [3.05, 3.63) is 102 Å². The Kier molecular flexibility index (Phi) is 4.40. The average molecular weight is 322 g/mol. The van der Waals surface area contributed by atoms with Gasteiger partial charge >= 0.3 is 5.97 Å². The first-order valence-electron chi connectivity index (χ1n) is 7.42. The number of esters is 1. The van der Waals surface area contributed by atoms with E-state index < -0.39 is 17.4 Å². The number of para-hydroxylation sites is 1. The summed E-state index contributed by atoms with van der Waals surface area (Å²) < 4.78 is 18.6. The minimum absolute atomic E-state index is 0.232. The van der Waals surface area contributed by atoms with E-state index >= 15 is 0 Å². The van der Waals surface area contributed by atoms with Crippen LogP contribution in [0.25, 0.3) is 0 Å². The number of halogens is 1. The van der Waals surface area contributed by atoms with Gasteiger partial charge < -0.3 is 9.84 Å². The molecule has 3 aromatic rings. The molecule has 3 rings (SSSR count). The minimum atomic E-state index is -2.04. The van der Waals surface area contributed by atoms with Crippen LogP contribution in [0.1, 0.15) is 11.1 Å². The van der Waals surface area contributed by atoms with Gasteiger partial charge in [-0.15, -0.1) is 0 Å². The number of benzene rings is 3. The second-order valence-electron chi connectivity index (χ2n) is 5.29. The Balaban J connectivity index is 2.05. The zero-order valence-corrected chi connectivity index (χ0v) is 12.7. The fourth-order valence-corrected chi connectivity index (χ4v) is 2.44. The lowest BCUT2D eigenvalue weighted by Crippen LogP contribution is -2.40. The summed E-state index contributed by atoms with van der Waals surface area (Å²) in [4.78, 5) is 12.8. The summed E-state index contributed by atoms with van der Waals surface area (Å²) in [6, 6.07) is 22.0. The molecular formula is C20H15FO3. The molecule has 0 aliphatic heterocycles. The molecule has 0 aliphatic rings. The van der Waals surface area contributed by atoms with Crippen LogP contribution in [0, 0.1) is 5.82 Å². The molecule has 0 saturated heterocycles. The summed E-state index contributed by atoms with van der Waals surface area (Å²) >= 11 is 0. The highest BCUT2D eigenvalue weighted by Crippen LogP contribution is 2.31. The molecule has 24 heavy (non-hydrogen) atoms. The van der Waals surface area contributed by atoms with Crippen molar-refractivity contribution in [1.82, 2.24) is 0 Å². The Labute approximate surface area is 139 Å². The molecule has 0 aromatic heterocycles. The topological polar surface area (TPSA) is 46.5 Å². The Bertz CT molecular complexity index is 817. The Hall–Kier alpha value is -2.98. The maximum Gasteiger partial charge on any atom is 0.353 e. The van der Waals surface area contributed by atoms with Gasteiger partial charge in [0, 0.05) is 0 Å². The van der Waals surface area contributed by atoms with Gasteiger partial charge in [0.1, 0.15) is 11.6 Å². The van der Waals surface area contributed by atoms with Gasteiger partial charge in [-0.05, 0) is 35.4 Å². The number of carbonyl (C=O) groups is 1. The van der Waals surface area contributed by atoms with Crippen molar-refractivity contribution in [2.75, 3.05) is 0 Å². The second-order valence-corrected chi connectivity index (χ2v) is 5.29. The summed E-state index contributed by atoms with van der Waals surface area (Å²) in [5, 5.41) is 11.2. The van der Waals surface area contributed by atoms with Crippen LogP contribution in [-0.2, 0) is 10.4 Å². The molecule has 3 aromatic carbocycles. The third-order valence-corrected chi connectivity index (χ3v) is 3.70.